The molecule has 0 amide bonds. The highest BCUT2D eigenvalue weighted by molar-refractivity contribution is 5.83. The van der Waals surface area contributed by atoms with Crippen LogP contribution in [0, 0.1) is 39.4 Å². The van der Waals surface area contributed by atoms with Gasteiger partial charge in [0, 0.05) is 31.1 Å². The molecule has 5 aliphatic rings. The molecular formula is C32H48O5. The SMILES string of the molecule is C=C(C)CC(CC1(C)OC(=O)C23CCC4C(=CCC5C(C)(C)C(O)CCC45C)C2(C)CCC13)OC(C)=O. The predicted molar refractivity (Wildman–Crippen MR) is 143 cm³/mol. The van der Waals surface area contributed by atoms with Gasteiger partial charge in [0.2, 0.25) is 0 Å². The minimum atomic E-state index is -0.657. The van der Waals surface area contributed by atoms with Crippen molar-refractivity contribution in [3.63, 3.8) is 0 Å². The fourth-order valence-electron chi connectivity index (χ4n) is 10.5. The molecule has 4 aliphatic carbocycles. The molecule has 206 valence electrons. The molecule has 5 heteroatoms. The first-order valence-electron chi connectivity index (χ1n) is 14.6. The van der Waals surface area contributed by atoms with Crippen molar-refractivity contribution in [1.82, 2.24) is 0 Å². The molecule has 1 spiro atoms. The lowest BCUT2D eigenvalue weighted by molar-refractivity contribution is -0.164. The first-order chi connectivity index (χ1) is 17.1. The molecule has 4 fully saturated rings. The second-order valence-corrected chi connectivity index (χ2v) is 14.6. The number of esters is 2. The molecule has 1 heterocycles. The van der Waals surface area contributed by atoms with Crippen LogP contribution >= 0.6 is 0 Å². The van der Waals surface area contributed by atoms with Crippen LogP contribution in [0.4, 0.5) is 0 Å². The topological polar surface area (TPSA) is 72.8 Å². The van der Waals surface area contributed by atoms with E-state index in [0.717, 1.165) is 50.5 Å². The summed E-state index contributed by atoms with van der Waals surface area (Å²) < 4.78 is 12.1. The Labute approximate surface area is 223 Å². The number of aliphatic hydroxyl groups is 1. The summed E-state index contributed by atoms with van der Waals surface area (Å²) >= 11 is 0. The van der Waals surface area contributed by atoms with Crippen molar-refractivity contribution in [2.45, 2.75) is 124 Å². The fourth-order valence-corrected chi connectivity index (χ4v) is 10.5. The summed E-state index contributed by atoms with van der Waals surface area (Å²) in [6, 6.07) is 0. The summed E-state index contributed by atoms with van der Waals surface area (Å²) in [6.07, 6.45) is 9.67. The highest BCUT2D eigenvalue weighted by Crippen LogP contribution is 2.76. The van der Waals surface area contributed by atoms with Crippen LogP contribution in [0.5, 0.6) is 0 Å². The fraction of sp³-hybridized carbons (Fsp3) is 0.812. The number of allylic oxidation sites excluding steroid dienone is 2. The zero-order valence-electron chi connectivity index (χ0n) is 24.1. The molecule has 0 aromatic carbocycles. The molecule has 3 saturated carbocycles. The van der Waals surface area contributed by atoms with Gasteiger partial charge in [0.15, 0.2) is 0 Å². The van der Waals surface area contributed by atoms with Gasteiger partial charge in [-0.05, 0) is 81.5 Å². The van der Waals surface area contributed by atoms with Gasteiger partial charge in [-0.3, -0.25) is 9.59 Å². The van der Waals surface area contributed by atoms with Gasteiger partial charge < -0.3 is 14.6 Å². The Morgan fingerprint density at radius 3 is 2.46 bits per heavy atom. The Bertz CT molecular complexity index is 1030. The van der Waals surface area contributed by atoms with Gasteiger partial charge in [-0.15, -0.1) is 6.58 Å². The quantitative estimate of drug-likeness (QED) is 0.335. The van der Waals surface area contributed by atoms with Crippen molar-refractivity contribution in [1.29, 1.82) is 0 Å². The van der Waals surface area contributed by atoms with E-state index in [0.29, 0.717) is 24.7 Å². The molecule has 1 N–H and O–H groups in total. The van der Waals surface area contributed by atoms with Crippen molar-refractivity contribution in [2.75, 3.05) is 0 Å². The summed E-state index contributed by atoms with van der Waals surface area (Å²) in [5.41, 5.74) is 1.10. The maximum absolute atomic E-state index is 14.0. The average Bonchev–Trinajstić information content (AvgIpc) is 3.20. The number of carbonyl (C=O) groups excluding carboxylic acids is 2. The van der Waals surface area contributed by atoms with Crippen LogP contribution in [0.2, 0.25) is 0 Å². The Morgan fingerprint density at radius 2 is 1.81 bits per heavy atom. The van der Waals surface area contributed by atoms with Crippen LogP contribution in [0.15, 0.2) is 23.8 Å². The predicted octanol–water partition coefficient (Wildman–Crippen LogP) is 6.54. The smallest absolute Gasteiger partial charge is 0.313 e. The van der Waals surface area contributed by atoms with Crippen LogP contribution in [0.25, 0.3) is 0 Å². The first kappa shape index (κ1) is 27.0. The molecule has 0 aromatic heterocycles. The Balaban J connectivity index is 1.50. The molecule has 1 saturated heterocycles. The van der Waals surface area contributed by atoms with Gasteiger partial charge >= 0.3 is 11.9 Å². The average molecular weight is 513 g/mol. The van der Waals surface area contributed by atoms with E-state index in [-0.39, 0.29) is 46.3 Å². The summed E-state index contributed by atoms with van der Waals surface area (Å²) in [5.74, 6) is 0.658. The largest absolute Gasteiger partial charge is 0.462 e. The lowest BCUT2D eigenvalue weighted by Crippen LogP contribution is -2.59. The van der Waals surface area contributed by atoms with Gasteiger partial charge in [0.1, 0.15) is 11.7 Å². The molecule has 1 aliphatic heterocycles. The third-order valence-electron chi connectivity index (χ3n) is 12.2. The molecular weight excluding hydrogens is 464 g/mol. The number of hydrogen-bond donors (Lipinski definition) is 1. The monoisotopic (exact) mass is 512 g/mol. The van der Waals surface area contributed by atoms with E-state index >= 15 is 0 Å². The standard InChI is InChI=1S/C32H48O5/c1-19(2)17-21(36-20(3)33)18-31(8)25-12-15-30(7)23-9-10-24-28(4,5)26(34)13-14-29(24,6)22(23)11-16-32(25,30)27(35)37-31/h9,21-22,24-26,34H,1,10-18H2,2-8H3. The first-order valence-corrected chi connectivity index (χ1v) is 14.6. The maximum atomic E-state index is 14.0. The van der Waals surface area contributed by atoms with Crippen LogP contribution in [-0.4, -0.2) is 34.9 Å². The summed E-state index contributed by atoms with van der Waals surface area (Å²) in [7, 11) is 0. The Morgan fingerprint density at radius 1 is 1.11 bits per heavy atom. The number of ether oxygens (including phenoxy) is 2. The summed E-state index contributed by atoms with van der Waals surface area (Å²) in [6.45, 7) is 18.8. The number of cyclic esters (lactones) is 1. The van der Waals surface area contributed by atoms with Crippen LogP contribution < -0.4 is 0 Å². The maximum Gasteiger partial charge on any atom is 0.313 e. The minimum Gasteiger partial charge on any atom is -0.462 e. The van der Waals surface area contributed by atoms with E-state index in [4.69, 9.17) is 9.47 Å². The third-order valence-corrected chi connectivity index (χ3v) is 12.2. The zero-order chi connectivity index (χ0) is 27.2. The normalized spacial score (nSPS) is 46.5. The van der Waals surface area contributed by atoms with Crippen molar-refractivity contribution in [3.05, 3.63) is 23.8 Å². The number of hydrogen-bond acceptors (Lipinski definition) is 5. The van der Waals surface area contributed by atoms with Crippen LogP contribution in [0.1, 0.15) is 106 Å². The molecule has 9 unspecified atom stereocenters. The summed E-state index contributed by atoms with van der Waals surface area (Å²) in [5, 5.41) is 10.9. The number of fused-ring (bicyclic) bond motifs is 4. The Kier molecular flexibility index (Phi) is 6.15. The van der Waals surface area contributed by atoms with E-state index in [1.165, 1.54) is 12.5 Å². The van der Waals surface area contributed by atoms with Crippen molar-refractivity contribution in [3.8, 4) is 0 Å². The van der Waals surface area contributed by atoms with Gasteiger partial charge in [-0.1, -0.05) is 44.9 Å². The van der Waals surface area contributed by atoms with Gasteiger partial charge in [0.05, 0.1) is 11.5 Å². The van der Waals surface area contributed by atoms with E-state index in [9.17, 15) is 14.7 Å². The summed E-state index contributed by atoms with van der Waals surface area (Å²) in [4.78, 5) is 25.9. The molecule has 5 nitrogen and oxygen atoms in total. The molecule has 0 bridgehead atoms. The minimum absolute atomic E-state index is 0.0390. The van der Waals surface area contributed by atoms with Crippen LogP contribution in [-0.2, 0) is 19.1 Å². The second kappa shape index (κ2) is 8.44. The molecule has 9 atom stereocenters. The molecule has 0 radical (unpaired) electrons. The highest BCUT2D eigenvalue weighted by atomic mass is 16.6. The number of aliphatic hydroxyl groups excluding tert-OH is 1. The van der Waals surface area contributed by atoms with E-state index in [1.807, 2.05) is 6.92 Å². The number of rotatable bonds is 5. The van der Waals surface area contributed by atoms with Crippen molar-refractivity contribution >= 4 is 11.9 Å². The van der Waals surface area contributed by atoms with E-state index in [2.05, 4.69) is 47.3 Å². The number of carbonyl (C=O) groups is 2. The molecule has 5 rings (SSSR count). The third kappa shape index (κ3) is 3.58. The molecule has 37 heavy (non-hydrogen) atoms. The van der Waals surface area contributed by atoms with Gasteiger partial charge in [-0.25, -0.2) is 0 Å². The second-order valence-electron chi connectivity index (χ2n) is 14.6. The van der Waals surface area contributed by atoms with Crippen LogP contribution in [0.3, 0.4) is 0 Å². The lowest BCUT2D eigenvalue weighted by atomic mass is 9.41. The Hall–Kier alpha value is -1.62. The van der Waals surface area contributed by atoms with Crippen molar-refractivity contribution in [2.24, 2.45) is 39.4 Å². The zero-order valence-corrected chi connectivity index (χ0v) is 24.1. The van der Waals surface area contributed by atoms with E-state index < -0.39 is 11.0 Å². The van der Waals surface area contributed by atoms with Gasteiger partial charge in [0.25, 0.3) is 0 Å². The van der Waals surface area contributed by atoms with Crippen molar-refractivity contribution < 1.29 is 24.2 Å². The highest BCUT2D eigenvalue weighted by Gasteiger charge is 2.76. The van der Waals surface area contributed by atoms with E-state index in [1.54, 1.807) is 0 Å². The molecule has 0 aromatic rings. The van der Waals surface area contributed by atoms with Gasteiger partial charge in [-0.2, -0.15) is 0 Å². The lowest BCUT2D eigenvalue weighted by Gasteiger charge is -2.63.